The second kappa shape index (κ2) is 11.2. The van der Waals surface area contributed by atoms with E-state index in [4.69, 9.17) is 4.42 Å². The van der Waals surface area contributed by atoms with Crippen molar-refractivity contribution < 1.29 is 4.42 Å². The average Bonchev–Trinajstić information content (AvgIpc) is 3.74. The van der Waals surface area contributed by atoms with Crippen LogP contribution < -0.4 is 4.90 Å². The minimum absolute atomic E-state index is 0.879. The summed E-state index contributed by atoms with van der Waals surface area (Å²) in [7, 11) is 0. The smallest absolute Gasteiger partial charge is 0.137 e. The van der Waals surface area contributed by atoms with Gasteiger partial charge in [0, 0.05) is 36.9 Å². The summed E-state index contributed by atoms with van der Waals surface area (Å²) in [4.78, 5) is 2.36. The number of hydrogen-bond acceptors (Lipinski definition) is 3. The molecule has 230 valence electrons. The molecule has 0 fully saturated rings. The second-order valence-electron chi connectivity index (χ2n) is 12.5. The van der Waals surface area contributed by atoms with Crippen LogP contribution in [0.2, 0.25) is 0 Å². The number of fused-ring (bicyclic) bond motifs is 7. The summed E-state index contributed by atoms with van der Waals surface area (Å²) in [6.07, 6.45) is 0. The Morgan fingerprint density at radius 3 is 1.80 bits per heavy atom. The van der Waals surface area contributed by atoms with E-state index >= 15 is 0 Å². The van der Waals surface area contributed by atoms with E-state index in [0.29, 0.717) is 0 Å². The molecule has 2 nitrogen and oxygen atoms in total. The molecule has 0 aliphatic heterocycles. The zero-order chi connectivity index (χ0) is 32.3. The summed E-state index contributed by atoms with van der Waals surface area (Å²) in [5.41, 5.74) is 9.92. The van der Waals surface area contributed by atoms with E-state index in [-0.39, 0.29) is 0 Å². The summed E-state index contributed by atoms with van der Waals surface area (Å²) in [6, 6.07) is 63.2. The highest BCUT2D eigenvalue weighted by Crippen LogP contribution is 2.45. The van der Waals surface area contributed by atoms with Gasteiger partial charge in [-0.15, -0.1) is 11.3 Å². The lowest BCUT2D eigenvalue weighted by Crippen LogP contribution is -2.10. The lowest BCUT2D eigenvalue weighted by atomic mass is 9.98. The van der Waals surface area contributed by atoms with Gasteiger partial charge in [0.15, 0.2) is 0 Å². The van der Waals surface area contributed by atoms with Gasteiger partial charge >= 0.3 is 0 Å². The molecule has 0 amide bonds. The van der Waals surface area contributed by atoms with E-state index in [1.807, 2.05) is 23.5 Å². The number of benzene rings is 8. The third kappa shape index (κ3) is 4.55. The maximum atomic E-state index is 6.35. The topological polar surface area (TPSA) is 16.4 Å². The lowest BCUT2D eigenvalue weighted by Gasteiger charge is -2.26. The first-order chi connectivity index (χ1) is 24.3. The van der Waals surface area contributed by atoms with Crippen LogP contribution in [-0.2, 0) is 0 Å². The van der Waals surface area contributed by atoms with Gasteiger partial charge in [-0.2, -0.15) is 0 Å². The number of furan rings is 1. The monoisotopic (exact) mass is 643 g/mol. The molecule has 49 heavy (non-hydrogen) atoms. The molecule has 0 aliphatic carbocycles. The summed E-state index contributed by atoms with van der Waals surface area (Å²) >= 11 is 1.87. The van der Waals surface area contributed by atoms with Crippen molar-refractivity contribution in [3.05, 3.63) is 176 Å². The number of para-hydroxylation sites is 1. The largest absolute Gasteiger partial charge is 0.456 e. The minimum atomic E-state index is 0.879. The average molecular weight is 644 g/mol. The predicted molar refractivity (Wildman–Crippen MR) is 210 cm³/mol. The Labute approximate surface area is 287 Å². The Balaban J connectivity index is 1.13. The third-order valence-corrected chi connectivity index (χ3v) is 10.9. The van der Waals surface area contributed by atoms with Crippen LogP contribution in [0.3, 0.4) is 0 Å². The van der Waals surface area contributed by atoms with Gasteiger partial charge in [-0.05, 0) is 81.6 Å². The fraction of sp³-hybridized carbons (Fsp3) is 0. The number of rotatable bonds is 5. The Kier molecular flexibility index (Phi) is 6.39. The van der Waals surface area contributed by atoms with Crippen LogP contribution in [0.1, 0.15) is 0 Å². The highest BCUT2D eigenvalue weighted by Gasteiger charge is 2.20. The number of thiophene rings is 1. The van der Waals surface area contributed by atoms with E-state index in [1.165, 1.54) is 53.2 Å². The molecular formula is C46H29NOS. The molecule has 0 N–H and O–H groups in total. The normalized spacial score (nSPS) is 11.7. The number of nitrogens with zero attached hydrogens (tertiary/aromatic N) is 1. The SMILES string of the molecule is c1ccc2c(-c3ccc(N(c4ccc(-c5cccc6c5sc5ccccc56)cc4)c4cccc5oc6ccccc6c45)cc3)cccc2c1. The molecule has 2 aromatic heterocycles. The first-order valence-electron chi connectivity index (χ1n) is 16.6. The molecule has 10 rings (SSSR count). The standard InChI is InChI=1S/C46H29NOS/c1-2-12-35-30(10-1)11-7-15-36(35)31-22-26-33(27-23-31)47(41-18-9-20-43-45(41)40-14-3-5-19-42(40)48-43)34-28-24-32(25-29-34)37-16-8-17-39-38-13-4-6-21-44(38)49-46(37)39/h1-29H. The summed E-state index contributed by atoms with van der Waals surface area (Å²) in [5.74, 6) is 0. The fourth-order valence-corrected chi connectivity index (χ4v) is 8.64. The Hall–Kier alpha value is -6.16. The highest BCUT2D eigenvalue weighted by atomic mass is 32.1. The van der Waals surface area contributed by atoms with Gasteiger partial charge in [0.05, 0.1) is 11.1 Å². The quantitative estimate of drug-likeness (QED) is 0.186. The van der Waals surface area contributed by atoms with Crippen LogP contribution in [0, 0.1) is 0 Å². The van der Waals surface area contributed by atoms with E-state index < -0.39 is 0 Å². The van der Waals surface area contributed by atoms with Crippen molar-refractivity contribution in [2.75, 3.05) is 4.90 Å². The zero-order valence-electron chi connectivity index (χ0n) is 26.5. The summed E-state index contributed by atoms with van der Waals surface area (Å²) < 4.78 is 9.00. The molecular weight excluding hydrogens is 615 g/mol. The molecule has 0 unspecified atom stereocenters. The van der Waals surface area contributed by atoms with Crippen molar-refractivity contribution in [1.29, 1.82) is 0 Å². The highest BCUT2D eigenvalue weighted by molar-refractivity contribution is 7.26. The third-order valence-electron chi connectivity index (χ3n) is 9.69. The molecule has 0 saturated carbocycles. The van der Waals surface area contributed by atoms with E-state index in [2.05, 4.69) is 169 Å². The summed E-state index contributed by atoms with van der Waals surface area (Å²) in [5, 5.41) is 7.35. The van der Waals surface area contributed by atoms with E-state index in [9.17, 15) is 0 Å². The van der Waals surface area contributed by atoms with Gasteiger partial charge in [0.25, 0.3) is 0 Å². The predicted octanol–water partition coefficient (Wildman–Crippen LogP) is 13.9. The van der Waals surface area contributed by atoms with Gasteiger partial charge < -0.3 is 9.32 Å². The van der Waals surface area contributed by atoms with Crippen LogP contribution >= 0.6 is 11.3 Å². The van der Waals surface area contributed by atoms with Gasteiger partial charge in [0.1, 0.15) is 11.2 Å². The maximum Gasteiger partial charge on any atom is 0.137 e. The second-order valence-corrected chi connectivity index (χ2v) is 13.5. The van der Waals surface area contributed by atoms with Crippen LogP contribution in [-0.4, -0.2) is 0 Å². The Bertz CT molecular complexity index is 2820. The lowest BCUT2D eigenvalue weighted by molar-refractivity contribution is 0.669. The van der Waals surface area contributed by atoms with Crippen LogP contribution in [0.25, 0.3) is 75.1 Å². The van der Waals surface area contributed by atoms with Gasteiger partial charge in [-0.25, -0.2) is 0 Å². The van der Waals surface area contributed by atoms with Crippen molar-refractivity contribution in [1.82, 2.24) is 0 Å². The van der Waals surface area contributed by atoms with Gasteiger partial charge in [-0.3, -0.25) is 0 Å². The Morgan fingerprint density at radius 1 is 0.408 bits per heavy atom. The Morgan fingerprint density at radius 2 is 0.980 bits per heavy atom. The van der Waals surface area contributed by atoms with Gasteiger partial charge in [0.2, 0.25) is 0 Å². The van der Waals surface area contributed by atoms with Crippen LogP contribution in [0.5, 0.6) is 0 Å². The number of anilines is 3. The van der Waals surface area contributed by atoms with Crippen molar-refractivity contribution >= 4 is 81.3 Å². The summed E-state index contributed by atoms with van der Waals surface area (Å²) in [6.45, 7) is 0. The fourth-order valence-electron chi connectivity index (χ4n) is 7.40. The maximum absolute atomic E-state index is 6.35. The van der Waals surface area contributed by atoms with Gasteiger partial charge in [-0.1, -0.05) is 127 Å². The van der Waals surface area contributed by atoms with Crippen LogP contribution in [0.4, 0.5) is 17.1 Å². The molecule has 0 bridgehead atoms. The molecule has 3 heteroatoms. The first-order valence-corrected chi connectivity index (χ1v) is 17.4. The van der Waals surface area contributed by atoms with Crippen LogP contribution in [0.15, 0.2) is 180 Å². The van der Waals surface area contributed by atoms with E-state index in [1.54, 1.807) is 0 Å². The molecule has 0 radical (unpaired) electrons. The molecule has 8 aromatic carbocycles. The molecule has 2 heterocycles. The molecule has 10 aromatic rings. The van der Waals surface area contributed by atoms with Crippen molar-refractivity contribution in [2.45, 2.75) is 0 Å². The molecule has 0 saturated heterocycles. The van der Waals surface area contributed by atoms with Crippen molar-refractivity contribution in [2.24, 2.45) is 0 Å². The minimum Gasteiger partial charge on any atom is -0.456 e. The van der Waals surface area contributed by atoms with Crippen molar-refractivity contribution in [3.8, 4) is 22.3 Å². The number of hydrogen-bond donors (Lipinski definition) is 0. The van der Waals surface area contributed by atoms with Crippen molar-refractivity contribution in [3.63, 3.8) is 0 Å². The van der Waals surface area contributed by atoms with E-state index in [0.717, 1.165) is 39.0 Å². The zero-order valence-corrected chi connectivity index (χ0v) is 27.3. The molecule has 0 spiro atoms. The first kappa shape index (κ1) is 27.9. The molecule has 0 aliphatic rings. The molecule has 0 atom stereocenters.